The number of thioether (sulfide) groups is 1. The summed E-state index contributed by atoms with van der Waals surface area (Å²) in [7, 11) is 0. The quantitative estimate of drug-likeness (QED) is 0.290. The van der Waals surface area contributed by atoms with Crippen LogP contribution >= 0.6 is 11.8 Å². The monoisotopic (exact) mass is 620 g/mol. The molecule has 0 unspecified atom stereocenters. The Morgan fingerprint density at radius 3 is 1.98 bits per heavy atom. The molecule has 4 amide bonds. The number of nitrogens with zero attached hydrogens (tertiary/aromatic N) is 2. The normalized spacial score (nSPS) is 18.4. The van der Waals surface area contributed by atoms with Crippen molar-refractivity contribution in [2.75, 3.05) is 47.5 Å². The van der Waals surface area contributed by atoms with E-state index < -0.39 is 47.7 Å². The molecule has 2 aliphatic rings. The Labute approximate surface area is 252 Å². The van der Waals surface area contributed by atoms with Gasteiger partial charge in [0.05, 0.1) is 31.0 Å². The minimum atomic E-state index is -0.749. The molecule has 43 heavy (non-hydrogen) atoms. The average molecular weight is 621 g/mol. The molecule has 232 valence electrons. The SMILES string of the molecule is CC(=O)NC[C@H]1CN(c2ccc(-c3ccc(N4C[C@H](CSCCNC(=O)OC(C)(C)C)OC4=O)cc3F)c(F)c2)C(=O)O1. The minimum absolute atomic E-state index is 0.0162. The molecular formula is C29H34F2N4O7S. The lowest BCUT2D eigenvalue weighted by Crippen LogP contribution is -2.33. The molecule has 2 aromatic rings. The largest absolute Gasteiger partial charge is 0.444 e. The van der Waals surface area contributed by atoms with Gasteiger partial charge < -0.3 is 24.8 Å². The van der Waals surface area contributed by atoms with E-state index in [1.807, 2.05) is 0 Å². The van der Waals surface area contributed by atoms with Crippen LogP contribution in [0.2, 0.25) is 0 Å². The molecule has 2 atom stereocenters. The van der Waals surface area contributed by atoms with Crippen molar-refractivity contribution < 1.29 is 42.2 Å². The second-order valence-electron chi connectivity index (χ2n) is 11.0. The first kappa shape index (κ1) is 31.9. The predicted molar refractivity (Wildman–Crippen MR) is 157 cm³/mol. The molecule has 0 bridgehead atoms. The van der Waals surface area contributed by atoms with Crippen molar-refractivity contribution in [3.63, 3.8) is 0 Å². The van der Waals surface area contributed by atoms with Gasteiger partial charge in [-0.15, -0.1) is 0 Å². The maximum absolute atomic E-state index is 15.2. The third kappa shape index (κ3) is 8.49. The summed E-state index contributed by atoms with van der Waals surface area (Å²) in [4.78, 5) is 50.1. The van der Waals surface area contributed by atoms with Crippen molar-refractivity contribution in [2.24, 2.45) is 0 Å². The smallest absolute Gasteiger partial charge is 0.414 e. The summed E-state index contributed by atoms with van der Waals surface area (Å²) in [5.74, 6) is -0.688. The molecule has 0 saturated carbocycles. The van der Waals surface area contributed by atoms with Gasteiger partial charge in [0.15, 0.2) is 0 Å². The minimum Gasteiger partial charge on any atom is -0.444 e. The number of cyclic esters (lactones) is 2. The summed E-state index contributed by atoms with van der Waals surface area (Å²) in [6, 6.07) is 8.01. The highest BCUT2D eigenvalue weighted by Gasteiger charge is 2.34. The molecule has 11 nitrogen and oxygen atoms in total. The molecule has 0 spiro atoms. The van der Waals surface area contributed by atoms with Gasteiger partial charge in [-0.05, 0) is 57.2 Å². The van der Waals surface area contributed by atoms with Crippen molar-refractivity contribution >= 4 is 47.3 Å². The van der Waals surface area contributed by atoms with Crippen molar-refractivity contribution in [1.82, 2.24) is 10.6 Å². The lowest BCUT2D eigenvalue weighted by atomic mass is 10.0. The van der Waals surface area contributed by atoms with Crippen LogP contribution in [0.25, 0.3) is 11.1 Å². The molecule has 2 N–H and O–H groups in total. The molecule has 4 rings (SSSR count). The Bertz CT molecular complexity index is 1390. The zero-order chi connectivity index (χ0) is 31.3. The highest BCUT2D eigenvalue weighted by molar-refractivity contribution is 7.99. The van der Waals surface area contributed by atoms with E-state index in [0.29, 0.717) is 18.1 Å². The third-order valence-corrected chi connectivity index (χ3v) is 7.46. The number of hydrogen-bond donors (Lipinski definition) is 2. The number of rotatable bonds is 10. The van der Waals surface area contributed by atoms with Crippen LogP contribution in [-0.4, -0.2) is 79.7 Å². The molecule has 2 saturated heterocycles. The number of halogens is 2. The topological polar surface area (TPSA) is 127 Å². The Kier molecular flexibility index (Phi) is 9.99. The number of carbonyl (C=O) groups excluding carboxylic acids is 4. The number of alkyl carbamates (subject to hydrolysis) is 1. The summed E-state index contributed by atoms with van der Waals surface area (Å²) in [5.41, 5.74) is -0.113. The average Bonchev–Trinajstić information content (AvgIpc) is 3.48. The van der Waals surface area contributed by atoms with Crippen LogP contribution in [0.3, 0.4) is 0 Å². The molecule has 0 aliphatic carbocycles. The first-order valence-electron chi connectivity index (χ1n) is 13.7. The molecule has 14 heteroatoms. The number of carbonyl (C=O) groups is 4. The first-order chi connectivity index (χ1) is 20.3. The Balaban J connectivity index is 1.32. The fourth-order valence-corrected chi connectivity index (χ4v) is 5.30. The molecule has 2 fully saturated rings. The predicted octanol–water partition coefficient (Wildman–Crippen LogP) is 4.68. The van der Waals surface area contributed by atoms with Crippen LogP contribution in [-0.2, 0) is 19.0 Å². The van der Waals surface area contributed by atoms with Crippen LogP contribution in [0.15, 0.2) is 36.4 Å². The molecular weight excluding hydrogens is 586 g/mol. The number of amides is 4. The van der Waals surface area contributed by atoms with E-state index in [9.17, 15) is 19.2 Å². The van der Waals surface area contributed by atoms with Crippen LogP contribution in [0.1, 0.15) is 27.7 Å². The summed E-state index contributed by atoms with van der Waals surface area (Å²) in [5, 5.41) is 5.23. The molecule has 2 heterocycles. The maximum Gasteiger partial charge on any atom is 0.414 e. The lowest BCUT2D eigenvalue weighted by Gasteiger charge is -2.19. The van der Waals surface area contributed by atoms with E-state index in [1.165, 1.54) is 52.8 Å². The van der Waals surface area contributed by atoms with Crippen LogP contribution in [0.5, 0.6) is 0 Å². The number of anilines is 2. The number of nitrogens with one attached hydrogen (secondary N) is 2. The highest BCUT2D eigenvalue weighted by Crippen LogP contribution is 2.33. The highest BCUT2D eigenvalue weighted by atomic mass is 32.2. The zero-order valence-electron chi connectivity index (χ0n) is 24.3. The van der Waals surface area contributed by atoms with Gasteiger partial charge in [0, 0.05) is 36.1 Å². The van der Waals surface area contributed by atoms with E-state index in [0.717, 1.165) is 12.1 Å². The van der Waals surface area contributed by atoms with Gasteiger partial charge in [-0.2, -0.15) is 11.8 Å². The Morgan fingerprint density at radius 1 is 0.930 bits per heavy atom. The van der Waals surface area contributed by atoms with Gasteiger partial charge in [-0.3, -0.25) is 14.6 Å². The Hall–Kier alpha value is -4.07. The van der Waals surface area contributed by atoms with Crippen molar-refractivity contribution in [3.8, 4) is 11.1 Å². The van der Waals surface area contributed by atoms with E-state index in [2.05, 4.69) is 10.6 Å². The van der Waals surface area contributed by atoms with Gasteiger partial charge in [0.25, 0.3) is 0 Å². The van der Waals surface area contributed by atoms with Crippen LogP contribution in [0, 0.1) is 11.6 Å². The first-order valence-corrected chi connectivity index (χ1v) is 14.8. The van der Waals surface area contributed by atoms with Gasteiger partial charge in [0.1, 0.15) is 29.4 Å². The fraction of sp³-hybridized carbons (Fsp3) is 0.448. The van der Waals surface area contributed by atoms with Gasteiger partial charge >= 0.3 is 18.3 Å². The van der Waals surface area contributed by atoms with E-state index in [-0.39, 0.29) is 48.0 Å². The number of hydrogen-bond acceptors (Lipinski definition) is 8. The van der Waals surface area contributed by atoms with Crippen molar-refractivity contribution in [2.45, 2.75) is 45.5 Å². The second-order valence-corrected chi connectivity index (χ2v) is 12.2. The van der Waals surface area contributed by atoms with E-state index >= 15 is 8.78 Å². The summed E-state index contributed by atoms with van der Waals surface area (Å²) in [6.07, 6.45) is -2.81. The molecule has 2 aromatic carbocycles. The molecule has 0 radical (unpaired) electrons. The maximum atomic E-state index is 15.2. The summed E-state index contributed by atoms with van der Waals surface area (Å²) >= 11 is 1.49. The summed E-state index contributed by atoms with van der Waals surface area (Å²) < 4.78 is 46.1. The van der Waals surface area contributed by atoms with E-state index in [4.69, 9.17) is 14.2 Å². The Morgan fingerprint density at radius 2 is 1.47 bits per heavy atom. The van der Waals surface area contributed by atoms with Gasteiger partial charge in [-0.25, -0.2) is 23.2 Å². The molecule has 2 aliphatic heterocycles. The third-order valence-electron chi connectivity index (χ3n) is 6.36. The fourth-order valence-electron chi connectivity index (χ4n) is 4.45. The summed E-state index contributed by atoms with van der Waals surface area (Å²) in [6.45, 7) is 7.53. The van der Waals surface area contributed by atoms with Crippen LogP contribution in [0.4, 0.5) is 34.5 Å². The van der Waals surface area contributed by atoms with Gasteiger partial charge in [0.2, 0.25) is 5.91 Å². The van der Waals surface area contributed by atoms with Gasteiger partial charge in [-0.1, -0.05) is 0 Å². The standard InChI is InChI=1S/C29H34F2N4O7S/c1-17(36)33-13-20-14-34(27(38)40-20)18-5-7-22(24(30)11-18)23-8-6-19(12-25(23)31)35-15-21(41-28(35)39)16-43-10-9-32-26(37)42-29(2,3)4/h5-8,11-12,20-21H,9-10,13-16H2,1-4H3,(H,32,37)(H,33,36)/t20-,21+/m0/s1. The van der Waals surface area contributed by atoms with E-state index in [1.54, 1.807) is 20.8 Å². The lowest BCUT2D eigenvalue weighted by molar-refractivity contribution is -0.119. The zero-order valence-corrected chi connectivity index (χ0v) is 25.1. The molecule has 0 aromatic heterocycles. The second kappa shape index (κ2) is 13.5. The van der Waals surface area contributed by atoms with Crippen molar-refractivity contribution in [1.29, 1.82) is 0 Å². The number of ether oxygens (including phenoxy) is 3. The van der Waals surface area contributed by atoms with Crippen LogP contribution < -0.4 is 20.4 Å². The van der Waals surface area contributed by atoms with Crippen molar-refractivity contribution in [3.05, 3.63) is 48.0 Å². The number of benzene rings is 2.